The van der Waals surface area contributed by atoms with E-state index in [9.17, 15) is 13.3 Å². The molecule has 9 heteroatoms. The van der Waals surface area contributed by atoms with Gasteiger partial charge in [-0.25, -0.2) is 0 Å². The monoisotopic (exact) mass is 420 g/mol. The molecule has 26 heavy (non-hydrogen) atoms. The van der Waals surface area contributed by atoms with Crippen LogP contribution in [0, 0.1) is 6.92 Å². The van der Waals surface area contributed by atoms with Gasteiger partial charge in [0.15, 0.2) is 0 Å². The number of benzene rings is 2. The summed E-state index contributed by atoms with van der Waals surface area (Å²) in [6.45, 7) is 1.80. The van der Waals surface area contributed by atoms with Crippen LogP contribution in [-0.2, 0) is 13.3 Å². The van der Waals surface area contributed by atoms with E-state index in [0.29, 0.717) is 17.1 Å². The Kier molecular flexibility index (Phi) is 4.91. The molecule has 136 valence electrons. The fourth-order valence-corrected chi connectivity index (χ4v) is 3.74. The second-order valence-corrected chi connectivity index (χ2v) is 9.31. The average molecular weight is 420 g/mol. The molecule has 0 saturated heterocycles. The molecular weight excluding hydrogens is 403 g/mol. The van der Waals surface area contributed by atoms with Crippen molar-refractivity contribution >= 4 is 41.8 Å². The first kappa shape index (κ1) is 18.3. The number of fused-ring (bicyclic) bond motifs is 1. The Balaban J connectivity index is 1.72. The summed E-state index contributed by atoms with van der Waals surface area (Å²) in [4.78, 5) is 25.7. The van der Waals surface area contributed by atoms with Crippen molar-refractivity contribution in [2.45, 2.75) is 6.92 Å². The Morgan fingerprint density at radius 2 is 1.92 bits per heavy atom. The predicted molar refractivity (Wildman–Crippen MR) is 94.6 cm³/mol. The van der Waals surface area contributed by atoms with Crippen LogP contribution in [0.15, 0.2) is 42.5 Å². The van der Waals surface area contributed by atoms with Crippen molar-refractivity contribution in [1.82, 2.24) is 0 Å². The molecule has 0 saturated carbocycles. The van der Waals surface area contributed by atoms with Gasteiger partial charge < -0.3 is 0 Å². The zero-order valence-electron chi connectivity index (χ0n) is 13.9. The fraction of sp³-hybridized carbons (Fsp3) is 0.176. The summed E-state index contributed by atoms with van der Waals surface area (Å²) < 4.78 is 34.6. The molecule has 2 aromatic rings. The molecule has 3 rings (SSSR count). The van der Waals surface area contributed by atoms with Crippen LogP contribution in [0.1, 0.15) is 5.56 Å². The number of hydrogen-bond acceptors (Lipinski definition) is 5. The molecule has 0 spiro atoms. The van der Waals surface area contributed by atoms with E-state index in [0.717, 1.165) is 5.56 Å². The molecule has 0 fully saturated rings. The van der Waals surface area contributed by atoms with Gasteiger partial charge in [-0.3, -0.25) is 0 Å². The molecule has 0 bridgehead atoms. The summed E-state index contributed by atoms with van der Waals surface area (Å²) in [5, 5.41) is 2.65. The molecule has 1 aliphatic heterocycles. The van der Waals surface area contributed by atoms with Gasteiger partial charge in [-0.1, -0.05) is 0 Å². The van der Waals surface area contributed by atoms with E-state index < -0.39 is 20.1 Å². The minimum absolute atomic E-state index is 0.0382. The van der Waals surface area contributed by atoms with E-state index in [-0.39, 0.29) is 23.3 Å². The SMILES string of the molecule is Cc1ccc2c(c1)N(CC(=O)Nc1ccc([As](=O)(O)O)cc1)CC(=O)O2. The fourth-order valence-electron chi connectivity index (χ4n) is 2.61. The first-order valence-corrected chi connectivity index (χ1v) is 11.1. The zero-order chi connectivity index (χ0) is 18.9. The second kappa shape index (κ2) is 6.99. The first-order chi connectivity index (χ1) is 12.2. The topological polar surface area (TPSA) is 116 Å². The van der Waals surface area contributed by atoms with E-state index in [1.54, 1.807) is 11.0 Å². The summed E-state index contributed by atoms with van der Waals surface area (Å²) in [5.74, 6) is -0.392. The van der Waals surface area contributed by atoms with Gasteiger partial charge in [-0.05, 0) is 0 Å². The number of carbonyl (C=O) groups excluding carboxylic acids is 2. The third-order valence-corrected chi connectivity index (χ3v) is 5.86. The number of aryl methyl sites for hydroxylation is 1. The van der Waals surface area contributed by atoms with Gasteiger partial charge in [0.25, 0.3) is 0 Å². The number of ether oxygens (including phenoxy) is 1. The van der Waals surface area contributed by atoms with Gasteiger partial charge >= 0.3 is 152 Å². The van der Waals surface area contributed by atoms with Gasteiger partial charge in [-0.15, -0.1) is 0 Å². The van der Waals surface area contributed by atoms with E-state index in [2.05, 4.69) is 5.32 Å². The molecular formula is C17H17AsN2O6. The van der Waals surface area contributed by atoms with E-state index >= 15 is 0 Å². The average Bonchev–Trinajstić information content (AvgIpc) is 2.55. The first-order valence-electron chi connectivity index (χ1n) is 7.75. The standard InChI is InChI=1S/C17H17AsN2O6/c1-11-2-7-15-14(8-11)20(10-17(22)26-15)9-16(21)19-13-5-3-12(4-6-13)18(23,24)25/h2-8H,9-10H2,1H3,(H,19,21)(H2,23,24,25). The normalized spacial score (nSPS) is 13.8. The van der Waals surface area contributed by atoms with Gasteiger partial charge in [0.05, 0.1) is 0 Å². The third kappa shape index (κ3) is 4.16. The summed E-state index contributed by atoms with van der Waals surface area (Å²) in [7, 11) is 0. The molecule has 0 radical (unpaired) electrons. The molecule has 0 aromatic heterocycles. The number of nitrogens with one attached hydrogen (secondary N) is 1. The van der Waals surface area contributed by atoms with Crippen LogP contribution in [0.5, 0.6) is 5.75 Å². The quantitative estimate of drug-likeness (QED) is 0.360. The molecule has 0 unspecified atom stereocenters. The number of amides is 1. The Morgan fingerprint density at radius 3 is 2.58 bits per heavy atom. The van der Waals surface area contributed by atoms with Gasteiger partial charge in [-0.2, -0.15) is 0 Å². The summed E-state index contributed by atoms with van der Waals surface area (Å²) in [6.07, 6.45) is 0. The van der Waals surface area contributed by atoms with Crippen LogP contribution < -0.4 is 19.3 Å². The van der Waals surface area contributed by atoms with Gasteiger partial charge in [0.2, 0.25) is 0 Å². The molecule has 1 amide bonds. The van der Waals surface area contributed by atoms with Crippen molar-refractivity contribution in [3.8, 4) is 5.75 Å². The van der Waals surface area contributed by atoms with Crippen molar-refractivity contribution in [1.29, 1.82) is 0 Å². The van der Waals surface area contributed by atoms with Gasteiger partial charge in [0, 0.05) is 0 Å². The van der Waals surface area contributed by atoms with E-state index in [1.165, 1.54) is 24.3 Å². The molecule has 2 aromatic carbocycles. The molecule has 1 aliphatic rings. The maximum absolute atomic E-state index is 12.3. The number of nitrogens with zero attached hydrogens (tertiary/aromatic N) is 1. The molecule has 8 nitrogen and oxygen atoms in total. The number of carbonyl (C=O) groups is 2. The predicted octanol–water partition coefficient (Wildman–Crippen LogP) is -0.0799. The van der Waals surface area contributed by atoms with Crippen LogP contribution in [-0.4, -0.2) is 47.3 Å². The maximum atomic E-state index is 12.3. The Bertz CT molecular complexity index is 906. The second-order valence-electron chi connectivity index (χ2n) is 5.94. The van der Waals surface area contributed by atoms with Crippen molar-refractivity contribution < 1.29 is 26.3 Å². The van der Waals surface area contributed by atoms with Crippen LogP contribution in [0.3, 0.4) is 0 Å². The molecule has 1 heterocycles. The van der Waals surface area contributed by atoms with E-state index in [1.807, 2.05) is 19.1 Å². The van der Waals surface area contributed by atoms with Crippen molar-refractivity contribution in [2.75, 3.05) is 23.3 Å². The molecule has 3 N–H and O–H groups in total. The Hall–Kier alpha value is -2.54. The number of anilines is 2. The zero-order valence-corrected chi connectivity index (χ0v) is 15.8. The van der Waals surface area contributed by atoms with Crippen LogP contribution in [0.2, 0.25) is 0 Å². The molecule has 0 atom stereocenters. The van der Waals surface area contributed by atoms with E-state index in [4.69, 9.17) is 12.9 Å². The van der Waals surface area contributed by atoms with Crippen molar-refractivity contribution in [3.05, 3.63) is 48.0 Å². The third-order valence-electron chi connectivity index (χ3n) is 3.82. The molecule has 0 aliphatic carbocycles. The minimum atomic E-state index is -4.94. The summed E-state index contributed by atoms with van der Waals surface area (Å²) in [5.41, 5.74) is 2.05. The number of esters is 1. The van der Waals surface area contributed by atoms with Crippen molar-refractivity contribution in [2.24, 2.45) is 0 Å². The van der Waals surface area contributed by atoms with Crippen LogP contribution in [0.25, 0.3) is 0 Å². The summed E-state index contributed by atoms with van der Waals surface area (Å²) >= 11 is -4.94. The van der Waals surface area contributed by atoms with Crippen LogP contribution in [0.4, 0.5) is 11.4 Å². The van der Waals surface area contributed by atoms with Gasteiger partial charge in [0.1, 0.15) is 0 Å². The Labute approximate surface area is 152 Å². The number of hydrogen-bond donors (Lipinski definition) is 3. The van der Waals surface area contributed by atoms with Crippen LogP contribution >= 0.6 is 0 Å². The van der Waals surface area contributed by atoms with Crippen molar-refractivity contribution in [3.63, 3.8) is 0 Å². The summed E-state index contributed by atoms with van der Waals surface area (Å²) in [6, 6.07) is 10.8. The Morgan fingerprint density at radius 1 is 1.23 bits per heavy atom. The number of rotatable bonds is 4.